The van der Waals surface area contributed by atoms with Crippen molar-refractivity contribution in [1.82, 2.24) is 29.9 Å². The van der Waals surface area contributed by atoms with E-state index in [0.29, 0.717) is 30.0 Å². The zero-order valence-corrected chi connectivity index (χ0v) is 92.0. The van der Waals surface area contributed by atoms with Gasteiger partial charge in [0.15, 0.2) is 5.69 Å². The Morgan fingerprint density at radius 3 is 0.913 bits per heavy atom. The summed E-state index contributed by atoms with van der Waals surface area (Å²) in [6.07, 6.45) is 10.8. The number of aromatic nitrogens is 6. The van der Waals surface area contributed by atoms with Gasteiger partial charge in [0, 0.05) is 185 Å². The molecule has 8 aliphatic rings. The number of para-hydroxylation sites is 4. The zero-order valence-electron chi connectivity index (χ0n) is 81.8. The molecule has 0 saturated carbocycles. The molecule has 8 aliphatic heterocycles. The van der Waals surface area contributed by atoms with Crippen LogP contribution in [0.4, 0.5) is 149 Å². The van der Waals surface area contributed by atoms with Crippen LogP contribution in [-0.2, 0) is 92.3 Å². The van der Waals surface area contributed by atoms with Crippen LogP contribution in [0.15, 0.2) is 371 Å². The molecule has 0 unspecified atom stereocenters. The van der Waals surface area contributed by atoms with Gasteiger partial charge in [0.1, 0.15) is 34.9 Å². The molecular formula is C121H91N25Os4-12. The van der Waals surface area contributed by atoms with Gasteiger partial charge in [-0.1, -0.05) is 152 Å². The second-order valence-electron chi connectivity index (χ2n) is 35.7. The molecule has 0 spiro atoms. The molecule has 150 heavy (non-hydrogen) atoms. The number of hydrogen-bond acceptors (Lipinski definition) is 23. The molecule has 14 heterocycles. The minimum atomic E-state index is 0. The molecule has 6 aromatic heterocycles. The zero-order chi connectivity index (χ0) is 99.0. The molecule has 0 saturated heterocycles. The molecule has 29 heteroatoms. The second kappa shape index (κ2) is 44.6. The van der Waals surface area contributed by atoms with Gasteiger partial charge in [-0.3, -0.25) is 4.85 Å². The molecular weight excluding hydrogens is 2560 g/mol. The smallest absolute Gasteiger partial charge is 0.187 e. The van der Waals surface area contributed by atoms with Crippen molar-refractivity contribution in [2.45, 2.75) is 13.1 Å². The van der Waals surface area contributed by atoms with Gasteiger partial charge in [-0.2, -0.15) is 80.7 Å². The van der Waals surface area contributed by atoms with E-state index in [2.05, 4.69) is 342 Å². The molecule has 0 N–H and O–H groups in total. The third-order valence-corrected chi connectivity index (χ3v) is 26.3. The molecule has 0 atom stereocenters. The molecule has 25 nitrogen and oxygen atoms in total. The molecule has 0 amide bonds. The standard InChI is InChI=1S/C44H31N4.2C27H20N7.C23H20N7.4Os/c1-3-12-33(13-4-1)35-22-26-37(27-23-35)45-31-47(43-20-9-7-18-41(43)45)39-16-11-17-40(30-39)48-32-46(42-19-8-10-21-44(42)48)38-28-24-36(25-29-38)34-14-5-2-6-15-34;1-28-21-10-8-19(9-11-21)20-14-22(33-17-31(2)24-6-4-12-29-26(24)33)16-23(15-20)34-18-32(3)25-7-5-13-30-27(25)34;1-31-17-33(26-24(31)9-5-11-29-26)21-13-20(23-8-4-3-7-19(23)16-28)14-22(15-21)34-18-32(2)25-10-6-12-30-27(25)34;1-24-19-11-17(13-29-15-27(2)20-6-4-8-25-22(20)29)10-18(12-19)14-30-16-28(3)21-7-5-9-26-23(21)30;;;;/h1-29,31-32H;4-15,17-18H,2-3H3;3-14,17-18H,1-2H3;4-9,11-12,15-16H,13-14H2,2-3H3;;;;/q4*-3;;;;. The summed E-state index contributed by atoms with van der Waals surface area (Å²) in [5.74, 6) is 5.20. The van der Waals surface area contributed by atoms with Crippen molar-refractivity contribution in [3.63, 3.8) is 0 Å². The van der Waals surface area contributed by atoms with Crippen LogP contribution in [0, 0.1) is 102 Å². The van der Waals surface area contributed by atoms with Crippen LogP contribution in [-0.4, -0.2) is 72.2 Å². The molecule has 18 aromatic rings. The van der Waals surface area contributed by atoms with Crippen LogP contribution in [0.25, 0.3) is 54.2 Å². The second-order valence-corrected chi connectivity index (χ2v) is 35.7. The first-order chi connectivity index (χ1) is 71.7. The molecule has 0 bridgehead atoms. The van der Waals surface area contributed by atoms with Crippen LogP contribution in [0.3, 0.4) is 0 Å². The van der Waals surface area contributed by atoms with E-state index in [0.717, 1.165) is 171 Å². The largest absolute Gasteiger partial charge is 0.503 e. The molecule has 26 rings (SSSR count). The minimum absolute atomic E-state index is 0. The van der Waals surface area contributed by atoms with Crippen LogP contribution >= 0.6 is 0 Å². The van der Waals surface area contributed by atoms with Gasteiger partial charge < -0.3 is 78.4 Å². The van der Waals surface area contributed by atoms with Crippen molar-refractivity contribution in [1.29, 1.82) is 5.26 Å². The Balaban J connectivity index is 0.000000126. The first-order valence-electron chi connectivity index (χ1n) is 47.5. The van der Waals surface area contributed by atoms with E-state index in [1.165, 1.54) is 22.3 Å². The number of nitrogens with zero attached hydrogens (tertiary/aromatic N) is 25. The third-order valence-electron chi connectivity index (χ3n) is 26.3. The number of benzene rings is 12. The third kappa shape index (κ3) is 20.2. The molecule has 744 valence electrons. The Kier molecular flexibility index (Phi) is 30.3. The first-order valence-corrected chi connectivity index (χ1v) is 47.5. The normalized spacial score (nSPS) is 13.7. The predicted octanol–water partition coefficient (Wildman–Crippen LogP) is 26.7. The number of nitriles is 1. The maximum atomic E-state index is 9.75. The van der Waals surface area contributed by atoms with E-state index in [4.69, 9.17) is 13.1 Å². The van der Waals surface area contributed by atoms with Crippen molar-refractivity contribution in [3.8, 4) is 50.6 Å². The predicted molar refractivity (Wildman–Crippen MR) is 586 cm³/mol. The van der Waals surface area contributed by atoms with E-state index in [9.17, 15) is 5.26 Å². The summed E-state index contributed by atoms with van der Waals surface area (Å²) >= 11 is 0. The minimum Gasteiger partial charge on any atom is -0.503 e. The topological polar surface area (TPSA) is 162 Å². The van der Waals surface area contributed by atoms with Gasteiger partial charge in [0.2, 0.25) is 0 Å². The fourth-order valence-corrected chi connectivity index (χ4v) is 19.3. The van der Waals surface area contributed by atoms with Crippen LogP contribution in [0.2, 0.25) is 0 Å². The maximum Gasteiger partial charge on any atom is 0.187 e. The monoisotopic (exact) mass is 2660 g/mol. The molecule has 0 aliphatic carbocycles. The van der Waals surface area contributed by atoms with Crippen LogP contribution in [0.1, 0.15) is 16.7 Å². The Hall–Kier alpha value is -16.6. The number of rotatable bonds is 16. The van der Waals surface area contributed by atoms with Crippen molar-refractivity contribution in [2.24, 2.45) is 0 Å². The van der Waals surface area contributed by atoms with Crippen molar-refractivity contribution >= 4 is 149 Å². The summed E-state index contributed by atoms with van der Waals surface area (Å²) in [6.45, 7) is 32.4. The average molecular weight is 2660 g/mol. The number of pyridine rings is 6. The Morgan fingerprint density at radius 1 is 0.253 bits per heavy atom. The van der Waals surface area contributed by atoms with Gasteiger partial charge in [0.25, 0.3) is 0 Å². The molecule has 12 aromatic carbocycles. The van der Waals surface area contributed by atoms with Gasteiger partial charge >= 0.3 is 0 Å². The summed E-state index contributed by atoms with van der Waals surface area (Å²) in [7, 11) is 12.0. The summed E-state index contributed by atoms with van der Waals surface area (Å²) in [4.78, 5) is 68.3. The van der Waals surface area contributed by atoms with E-state index >= 15 is 0 Å². The fourth-order valence-electron chi connectivity index (χ4n) is 19.3. The number of anilines is 24. The van der Waals surface area contributed by atoms with Crippen molar-refractivity contribution < 1.29 is 79.2 Å². The van der Waals surface area contributed by atoms with Crippen LogP contribution in [0.5, 0.6) is 0 Å². The number of fused-ring (bicyclic) bond motifs is 8. The van der Waals surface area contributed by atoms with Crippen molar-refractivity contribution in [3.05, 3.63) is 488 Å². The fraction of sp³-hybridized carbons (Fsp3) is 0.0661. The van der Waals surface area contributed by atoms with Gasteiger partial charge in [-0.25, -0.2) is 34.7 Å². The quantitative estimate of drug-likeness (QED) is 0.0839. The molecule has 0 fully saturated rings. The SMILES string of the molecule is CN1[CH-]N(c2[c-]c(N3[CH-]N(C)c4cccnc43)cc(-c3ccccc3C#N)c2)c2ncccc21.[C-]#[N+]c1cc(CN2[CH-]N(C)c3cccnc32)[c-]c(CN2[CH-]N(C)c3cccnc32)c1.[C-]#[N+]c1ccc(-c2cc(N3[CH-]N(C)c4cccnc43)[c-]c(N3[CH-]N(C)c4cccnc43)c2)cc1.[Os].[Os].[Os].[Os].[c-]1c(N2[CH-]N(c3ccc(-c4ccccc4)cc3)c3ccccc32)cccc1N1[CH-]N(c2ccc(-c3ccccc3)cc2)c2ccccc21. The van der Waals surface area contributed by atoms with Crippen molar-refractivity contribution in [2.75, 3.05) is 121 Å². The summed E-state index contributed by atoms with van der Waals surface area (Å²) in [5, 5.41) is 9.75. The van der Waals surface area contributed by atoms with Gasteiger partial charge in [-0.05, 0) is 216 Å². The van der Waals surface area contributed by atoms with E-state index in [-0.39, 0.29) is 79.2 Å². The number of hydrogen-bond donors (Lipinski definition) is 0. The first kappa shape index (κ1) is 102. The summed E-state index contributed by atoms with van der Waals surface area (Å²) in [5.41, 5.74) is 30.7. The van der Waals surface area contributed by atoms with E-state index < -0.39 is 0 Å². The van der Waals surface area contributed by atoms with Gasteiger partial charge in [-0.15, -0.1) is 113 Å². The van der Waals surface area contributed by atoms with E-state index in [1.54, 1.807) is 37.2 Å². The Bertz CT molecular complexity index is 7690. The van der Waals surface area contributed by atoms with E-state index in [1.807, 2.05) is 235 Å². The Labute approximate surface area is 927 Å². The van der Waals surface area contributed by atoms with Crippen LogP contribution < -0.4 is 78.4 Å². The maximum absolute atomic E-state index is 9.75. The Morgan fingerprint density at radius 2 is 0.547 bits per heavy atom. The summed E-state index contributed by atoms with van der Waals surface area (Å²) in [6, 6.07) is 130. The van der Waals surface area contributed by atoms with Gasteiger partial charge in [0.05, 0.1) is 30.5 Å². The summed E-state index contributed by atoms with van der Waals surface area (Å²) < 4.78 is 0. The average Bonchev–Trinajstić information content (AvgIpc) is 1.59. The molecule has 0 radical (unpaired) electrons.